The zero-order chi connectivity index (χ0) is 13.9. The number of aromatic nitrogens is 1. The van der Waals surface area contributed by atoms with Gasteiger partial charge in [0.25, 0.3) is 5.91 Å². The minimum absolute atomic E-state index is 0.0825. The van der Waals surface area contributed by atoms with Crippen LogP contribution >= 0.6 is 11.6 Å². The van der Waals surface area contributed by atoms with Gasteiger partial charge < -0.3 is 5.32 Å². The smallest absolute Gasteiger partial charge is 0.251 e. The number of halogens is 1. The van der Waals surface area contributed by atoms with Gasteiger partial charge in [0.2, 0.25) is 0 Å². The van der Waals surface area contributed by atoms with Crippen LogP contribution in [0, 0.1) is 0 Å². The molecule has 0 saturated heterocycles. The number of hydrogen-bond acceptors (Lipinski definition) is 2. The highest BCUT2D eigenvalue weighted by Gasteiger charge is 2.20. The molecular formula is C15H17ClN2O. The Hall–Kier alpha value is -1.61. The van der Waals surface area contributed by atoms with Crippen molar-refractivity contribution in [3.63, 3.8) is 0 Å². The predicted molar refractivity (Wildman–Crippen MR) is 78.6 cm³/mol. The number of rotatable bonds is 4. The molecule has 2 aromatic rings. The molecule has 0 bridgehead atoms. The summed E-state index contributed by atoms with van der Waals surface area (Å²) in [4.78, 5) is 16.4. The Morgan fingerprint density at radius 2 is 2.16 bits per heavy atom. The van der Waals surface area contributed by atoms with Gasteiger partial charge in [-0.1, -0.05) is 6.07 Å². The molecule has 0 fully saturated rings. The standard InChI is InChI=1S/C15H17ClN2O/c1-15(2,7-8-16)18-14(19)12-5-6-13-11(10-12)4-3-9-17-13/h3-6,9-10H,7-8H2,1-2H3,(H,18,19). The van der Waals surface area contributed by atoms with Crippen LogP contribution < -0.4 is 5.32 Å². The number of alkyl halides is 1. The first-order valence-corrected chi connectivity index (χ1v) is 6.78. The highest BCUT2D eigenvalue weighted by molar-refractivity contribution is 6.17. The summed E-state index contributed by atoms with van der Waals surface area (Å²) < 4.78 is 0. The van der Waals surface area contributed by atoms with E-state index < -0.39 is 0 Å². The Labute approximate surface area is 118 Å². The first kappa shape index (κ1) is 13.8. The van der Waals surface area contributed by atoms with E-state index in [9.17, 15) is 4.79 Å². The SMILES string of the molecule is CC(C)(CCCl)NC(=O)c1ccc2ncccc2c1. The lowest BCUT2D eigenvalue weighted by molar-refractivity contribution is 0.0912. The maximum atomic E-state index is 12.2. The highest BCUT2D eigenvalue weighted by atomic mass is 35.5. The summed E-state index contributed by atoms with van der Waals surface area (Å²) in [6.07, 6.45) is 2.47. The summed E-state index contributed by atoms with van der Waals surface area (Å²) in [7, 11) is 0. The lowest BCUT2D eigenvalue weighted by Gasteiger charge is -2.25. The van der Waals surface area contributed by atoms with Gasteiger partial charge in [0.05, 0.1) is 5.52 Å². The molecule has 0 radical (unpaired) electrons. The van der Waals surface area contributed by atoms with Crippen molar-refractivity contribution in [3.05, 3.63) is 42.1 Å². The van der Waals surface area contributed by atoms with Crippen molar-refractivity contribution in [3.8, 4) is 0 Å². The van der Waals surface area contributed by atoms with Gasteiger partial charge in [-0.2, -0.15) is 0 Å². The molecule has 100 valence electrons. The van der Waals surface area contributed by atoms with Crippen molar-refractivity contribution in [1.29, 1.82) is 0 Å². The molecule has 1 N–H and O–H groups in total. The number of carbonyl (C=O) groups excluding carboxylic acids is 1. The zero-order valence-electron chi connectivity index (χ0n) is 11.1. The van der Waals surface area contributed by atoms with E-state index in [-0.39, 0.29) is 11.4 Å². The largest absolute Gasteiger partial charge is 0.347 e. The van der Waals surface area contributed by atoms with Crippen LogP contribution in [0.15, 0.2) is 36.5 Å². The van der Waals surface area contributed by atoms with Crippen LogP contribution in [0.4, 0.5) is 0 Å². The molecular weight excluding hydrogens is 260 g/mol. The molecule has 1 amide bonds. The predicted octanol–water partition coefficient (Wildman–Crippen LogP) is 3.37. The van der Waals surface area contributed by atoms with Crippen LogP contribution in [0.1, 0.15) is 30.6 Å². The minimum atomic E-state index is -0.303. The second kappa shape index (κ2) is 5.57. The second-order valence-corrected chi connectivity index (χ2v) is 5.57. The van der Waals surface area contributed by atoms with E-state index in [1.54, 1.807) is 12.3 Å². The van der Waals surface area contributed by atoms with Crippen LogP contribution in [-0.2, 0) is 0 Å². The molecule has 0 spiro atoms. The number of amides is 1. The fourth-order valence-electron chi connectivity index (χ4n) is 1.90. The lowest BCUT2D eigenvalue weighted by atomic mass is 10.0. The average Bonchev–Trinajstić information content (AvgIpc) is 2.37. The van der Waals surface area contributed by atoms with Gasteiger partial charge in [0, 0.05) is 28.6 Å². The Morgan fingerprint density at radius 1 is 1.37 bits per heavy atom. The zero-order valence-corrected chi connectivity index (χ0v) is 11.9. The number of hydrogen-bond donors (Lipinski definition) is 1. The third-order valence-electron chi connectivity index (χ3n) is 3.04. The number of pyridine rings is 1. The van der Waals surface area contributed by atoms with Crippen LogP contribution in [0.3, 0.4) is 0 Å². The molecule has 19 heavy (non-hydrogen) atoms. The molecule has 4 heteroatoms. The number of nitrogens with zero attached hydrogens (tertiary/aromatic N) is 1. The molecule has 0 aliphatic carbocycles. The Balaban J connectivity index is 2.22. The van der Waals surface area contributed by atoms with Crippen LogP contribution in [-0.4, -0.2) is 22.3 Å². The number of nitrogens with one attached hydrogen (secondary N) is 1. The van der Waals surface area contributed by atoms with Gasteiger partial charge >= 0.3 is 0 Å². The van der Waals surface area contributed by atoms with Gasteiger partial charge in [-0.25, -0.2) is 0 Å². The van der Waals surface area contributed by atoms with Gasteiger partial charge in [-0.05, 0) is 44.5 Å². The van der Waals surface area contributed by atoms with E-state index in [1.807, 2.05) is 38.1 Å². The fraction of sp³-hybridized carbons (Fsp3) is 0.333. The Bertz CT molecular complexity index is 595. The first-order valence-electron chi connectivity index (χ1n) is 6.25. The minimum Gasteiger partial charge on any atom is -0.347 e. The molecule has 0 saturated carbocycles. The monoisotopic (exact) mass is 276 g/mol. The summed E-state index contributed by atoms with van der Waals surface area (Å²) >= 11 is 5.73. The molecule has 2 rings (SSSR count). The molecule has 3 nitrogen and oxygen atoms in total. The van der Waals surface area contributed by atoms with E-state index in [4.69, 9.17) is 11.6 Å². The summed E-state index contributed by atoms with van der Waals surface area (Å²) in [6, 6.07) is 9.32. The third kappa shape index (κ3) is 3.44. The second-order valence-electron chi connectivity index (χ2n) is 5.19. The van der Waals surface area contributed by atoms with Crippen LogP contribution in [0.5, 0.6) is 0 Å². The average molecular weight is 277 g/mol. The quantitative estimate of drug-likeness (QED) is 0.870. The van der Waals surface area contributed by atoms with Crippen molar-refractivity contribution < 1.29 is 4.79 Å². The maximum absolute atomic E-state index is 12.2. The van der Waals surface area contributed by atoms with Crippen molar-refractivity contribution in [1.82, 2.24) is 10.3 Å². The number of benzene rings is 1. The molecule has 0 aliphatic rings. The summed E-state index contributed by atoms with van der Waals surface area (Å²) in [5, 5.41) is 3.96. The summed E-state index contributed by atoms with van der Waals surface area (Å²) in [6.45, 7) is 3.94. The molecule has 1 aromatic heterocycles. The number of carbonyl (C=O) groups is 1. The van der Waals surface area contributed by atoms with Crippen molar-refractivity contribution in [2.75, 3.05) is 5.88 Å². The third-order valence-corrected chi connectivity index (χ3v) is 3.23. The van der Waals surface area contributed by atoms with Gasteiger partial charge in [0.1, 0.15) is 0 Å². The summed E-state index contributed by atoms with van der Waals surface area (Å²) in [5.41, 5.74) is 1.23. The topological polar surface area (TPSA) is 42.0 Å². The van der Waals surface area contributed by atoms with E-state index >= 15 is 0 Å². The normalized spacial score (nSPS) is 11.5. The van der Waals surface area contributed by atoms with Crippen LogP contribution in [0.25, 0.3) is 10.9 Å². The van der Waals surface area contributed by atoms with Crippen molar-refractivity contribution in [2.45, 2.75) is 25.8 Å². The Kier molecular flexibility index (Phi) is 4.05. The first-order chi connectivity index (χ1) is 9.02. The van der Waals surface area contributed by atoms with Gasteiger partial charge in [0.15, 0.2) is 0 Å². The van der Waals surface area contributed by atoms with E-state index in [1.165, 1.54) is 0 Å². The summed E-state index contributed by atoms with van der Waals surface area (Å²) in [5.74, 6) is 0.440. The van der Waals surface area contributed by atoms with E-state index in [2.05, 4.69) is 10.3 Å². The maximum Gasteiger partial charge on any atom is 0.251 e. The van der Waals surface area contributed by atoms with Gasteiger partial charge in [-0.3, -0.25) is 9.78 Å². The fourth-order valence-corrected chi connectivity index (χ4v) is 2.37. The molecule has 0 atom stereocenters. The van der Waals surface area contributed by atoms with Crippen molar-refractivity contribution in [2.24, 2.45) is 0 Å². The van der Waals surface area contributed by atoms with E-state index in [0.29, 0.717) is 11.4 Å². The van der Waals surface area contributed by atoms with Crippen LogP contribution in [0.2, 0.25) is 0 Å². The molecule has 0 unspecified atom stereocenters. The molecule has 1 aromatic carbocycles. The Morgan fingerprint density at radius 3 is 2.89 bits per heavy atom. The molecule has 0 aliphatic heterocycles. The highest BCUT2D eigenvalue weighted by Crippen LogP contribution is 2.15. The lowest BCUT2D eigenvalue weighted by Crippen LogP contribution is -2.43. The number of fused-ring (bicyclic) bond motifs is 1. The van der Waals surface area contributed by atoms with Gasteiger partial charge in [-0.15, -0.1) is 11.6 Å². The van der Waals surface area contributed by atoms with E-state index in [0.717, 1.165) is 17.3 Å². The molecule has 1 heterocycles. The van der Waals surface area contributed by atoms with Crippen molar-refractivity contribution >= 4 is 28.4 Å².